The van der Waals surface area contributed by atoms with Crippen LogP contribution >= 0.6 is 0 Å². The fourth-order valence-corrected chi connectivity index (χ4v) is 3.36. The summed E-state index contributed by atoms with van der Waals surface area (Å²) >= 11 is 0. The average molecular weight is 386 g/mol. The number of ketones is 1. The first-order valence-electron chi connectivity index (χ1n) is 9.20. The van der Waals surface area contributed by atoms with Crippen molar-refractivity contribution in [2.45, 2.75) is 6.92 Å². The molecule has 4 aromatic rings. The van der Waals surface area contributed by atoms with E-state index in [1.165, 1.54) is 0 Å². The molecule has 5 rings (SSSR count). The number of hydrogen-bond donors (Lipinski definition) is 0. The number of Topliss-reactive ketones (excluding diaryl/α,β-unsaturated/α-hetero) is 1. The van der Waals surface area contributed by atoms with Gasteiger partial charge in [-0.05, 0) is 37.3 Å². The van der Waals surface area contributed by atoms with Crippen LogP contribution in [0.2, 0.25) is 0 Å². The Bertz CT molecular complexity index is 1250. The normalized spacial score (nSPS) is 12.3. The molecule has 0 saturated heterocycles. The van der Waals surface area contributed by atoms with E-state index in [0.29, 0.717) is 5.56 Å². The van der Waals surface area contributed by atoms with Crippen LogP contribution in [-0.4, -0.2) is 34.2 Å². The zero-order valence-electron chi connectivity index (χ0n) is 16.0. The lowest BCUT2D eigenvalue weighted by molar-refractivity contribution is 0.101. The van der Waals surface area contributed by atoms with Crippen LogP contribution in [0.1, 0.15) is 17.3 Å². The number of ether oxygens (including phenoxy) is 2. The molecule has 0 saturated carbocycles. The zero-order valence-corrected chi connectivity index (χ0v) is 16.0. The maximum atomic E-state index is 11.7. The molecule has 29 heavy (non-hydrogen) atoms. The second kappa shape index (κ2) is 6.63. The Labute approximate surface area is 167 Å². The molecule has 7 heteroatoms. The van der Waals surface area contributed by atoms with Crippen molar-refractivity contribution in [2.75, 3.05) is 18.7 Å². The Morgan fingerprint density at radius 3 is 2.79 bits per heavy atom. The van der Waals surface area contributed by atoms with Crippen molar-refractivity contribution in [1.29, 1.82) is 0 Å². The average Bonchev–Trinajstić information content (AvgIpc) is 3.39. The quantitative estimate of drug-likeness (QED) is 0.492. The first kappa shape index (κ1) is 17.2. The van der Waals surface area contributed by atoms with Crippen molar-refractivity contribution in [2.24, 2.45) is 0 Å². The van der Waals surface area contributed by atoms with E-state index < -0.39 is 0 Å². The lowest BCUT2D eigenvalue weighted by Crippen LogP contribution is -2.13. The summed E-state index contributed by atoms with van der Waals surface area (Å²) in [5.41, 5.74) is 4.04. The molecule has 1 aliphatic rings. The van der Waals surface area contributed by atoms with Crippen LogP contribution in [-0.2, 0) is 0 Å². The van der Waals surface area contributed by atoms with Gasteiger partial charge in [-0.1, -0.05) is 18.2 Å². The number of aromatic nitrogens is 3. The number of carbonyl (C=O) groups is 1. The molecule has 0 radical (unpaired) electrons. The molecule has 2 aromatic carbocycles. The monoisotopic (exact) mass is 386 g/mol. The van der Waals surface area contributed by atoms with E-state index in [2.05, 4.69) is 4.98 Å². The van der Waals surface area contributed by atoms with Crippen LogP contribution in [0, 0.1) is 0 Å². The van der Waals surface area contributed by atoms with Gasteiger partial charge in [-0.15, -0.1) is 5.10 Å². The molecule has 0 amide bonds. The Morgan fingerprint density at radius 1 is 1.07 bits per heavy atom. The van der Waals surface area contributed by atoms with Gasteiger partial charge in [0.1, 0.15) is 0 Å². The van der Waals surface area contributed by atoms with Gasteiger partial charge >= 0.3 is 0 Å². The Balaban J connectivity index is 1.56. The number of anilines is 2. The fourth-order valence-electron chi connectivity index (χ4n) is 3.36. The molecule has 0 atom stereocenters. The maximum absolute atomic E-state index is 11.7. The van der Waals surface area contributed by atoms with Gasteiger partial charge in [-0.2, -0.15) is 0 Å². The number of benzene rings is 2. The molecule has 144 valence electrons. The van der Waals surface area contributed by atoms with Gasteiger partial charge in [-0.3, -0.25) is 4.79 Å². The lowest BCUT2D eigenvalue weighted by Gasteiger charge is -2.18. The summed E-state index contributed by atoms with van der Waals surface area (Å²) in [6, 6.07) is 17.1. The van der Waals surface area contributed by atoms with Crippen LogP contribution in [0.15, 0.2) is 60.8 Å². The van der Waals surface area contributed by atoms with Crippen molar-refractivity contribution >= 4 is 22.9 Å². The number of nitrogens with zero attached hydrogens (tertiary/aromatic N) is 4. The standard InChI is InChI=1S/C22H18N4O3/c1-14(27)15-4-3-5-16(10-15)18-12-23-21-8-9-22(24-26(18)21)25(2)17-6-7-19-20(11-17)29-13-28-19/h3-12H,13H2,1-2H3. The third-order valence-electron chi connectivity index (χ3n) is 5.00. The van der Waals surface area contributed by atoms with Gasteiger partial charge in [0.15, 0.2) is 28.7 Å². The Hall–Kier alpha value is -3.87. The minimum atomic E-state index is 0.0249. The second-order valence-corrected chi connectivity index (χ2v) is 6.84. The first-order valence-corrected chi connectivity index (χ1v) is 9.20. The van der Waals surface area contributed by atoms with Gasteiger partial charge in [0.2, 0.25) is 6.79 Å². The number of carbonyl (C=O) groups excluding carboxylic acids is 1. The van der Waals surface area contributed by atoms with Crippen LogP contribution < -0.4 is 14.4 Å². The molecule has 0 fully saturated rings. The molecule has 0 spiro atoms. The Morgan fingerprint density at radius 2 is 1.93 bits per heavy atom. The molecule has 0 N–H and O–H groups in total. The minimum absolute atomic E-state index is 0.0249. The zero-order chi connectivity index (χ0) is 20.0. The summed E-state index contributed by atoms with van der Waals surface area (Å²) in [6.07, 6.45) is 1.77. The fraction of sp³-hybridized carbons (Fsp3) is 0.136. The molecule has 1 aliphatic heterocycles. The highest BCUT2D eigenvalue weighted by molar-refractivity contribution is 5.95. The highest BCUT2D eigenvalue weighted by Gasteiger charge is 2.17. The van der Waals surface area contributed by atoms with E-state index in [9.17, 15) is 4.79 Å². The SMILES string of the molecule is CC(=O)c1cccc(-c2cnc3ccc(N(C)c4ccc5c(c4)OCO5)nn23)c1. The van der Waals surface area contributed by atoms with E-state index in [0.717, 1.165) is 39.9 Å². The predicted molar refractivity (Wildman–Crippen MR) is 109 cm³/mol. The molecule has 0 aliphatic carbocycles. The van der Waals surface area contributed by atoms with Crippen LogP contribution in [0.25, 0.3) is 16.9 Å². The van der Waals surface area contributed by atoms with E-state index in [-0.39, 0.29) is 12.6 Å². The molecule has 0 unspecified atom stereocenters. The van der Waals surface area contributed by atoms with Gasteiger partial charge < -0.3 is 14.4 Å². The topological polar surface area (TPSA) is 69.0 Å². The number of imidazole rings is 1. The van der Waals surface area contributed by atoms with Crippen LogP contribution in [0.3, 0.4) is 0 Å². The van der Waals surface area contributed by atoms with Gasteiger partial charge in [0.25, 0.3) is 0 Å². The van der Waals surface area contributed by atoms with Crippen LogP contribution in [0.4, 0.5) is 11.5 Å². The van der Waals surface area contributed by atoms with Crippen molar-refractivity contribution in [1.82, 2.24) is 14.6 Å². The molecule has 3 heterocycles. The third-order valence-corrected chi connectivity index (χ3v) is 5.00. The third kappa shape index (κ3) is 2.97. The van der Waals surface area contributed by atoms with E-state index in [1.807, 2.05) is 60.5 Å². The molecule has 7 nitrogen and oxygen atoms in total. The molecule has 2 aromatic heterocycles. The largest absolute Gasteiger partial charge is 0.454 e. The van der Waals surface area contributed by atoms with Gasteiger partial charge in [0, 0.05) is 29.9 Å². The summed E-state index contributed by atoms with van der Waals surface area (Å²) in [4.78, 5) is 18.2. The molecular weight excluding hydrogens is 368 g/mol. The Kier molecular flexibility index (Phi) is 3.94. The molecular formula is C22H18N4O3. The van der Waals surface area contributed by atoms with Crippen molar-refractivity contribution in [3.63, 3.8) is 0 Å². The second-order valence-electron chi connectivity index (χ2n) is 6.84. The van der Waals surface area contributed by atoms with E-state index >= 15 is 0 Å². The summed E-state index contributed by atoms with van der Waals surface area (Å²) in [5.74, 6) is 2.24. The smallest absolute Gasteiger partial charge is 0.231 e. The van der Waals surface area contributed by atoms with E-state index in [1.54, 1.807) is 23.7 Å². The maximum Gasteiger partial charge on any atom is 0.231 e. The number of fused-ring (bicyclic) bond motifs is 2. The number of rotatable bonds is 4. The minimum Gasteiger partial charge on any atom is -0.454 e. The first-order chi connectivity index (χ1) is 14.1. The predicted octanol–water partition coefficient (Wildman–Crippen LogP) is 4.10. The summed E-state index contributed by atoms with van der Waals surface area (Å²) in [7, 11) is 1.94. The summed E-state index contributed by atoms with van der Waals surface area (Å²) < 4.78 is 12.7. The van der Waals surface area contributed by atoms with Crippen LogP contribution in [0.5, 0.6) is 11.5 Å². The van der Waals surface area contributed by atoms with Crippen molar-refractivity contribution in [3.05, 3.63) is 66.4 Å². The highest BCUT2D eigenvalue weighted by Crippen LogP contribution is 2.36. The number of hydrogen-bond acceptors (Lipinski definition) is 6. The van der Waals surface area contributed by atoms with Crippen molar-refractivity contribution < 1.29 is 14.3 Å². The highest BCUT2D eigenvalue weighted by atomic mass is 16.7. The van der Waals surface area contributed by atoms with Gasteiger partial charge in [0.05, 0.1) is 11.9 Å². The summed E-state index contributed by atoms with van der Waals surface area (Å²) in [6.45, 7) is 1.80. The summed E-state index contributed by atoms with van der Waals surface area (Å²) in [5, 5.41) is 4.78. The van der Waals surface area contributed by atoms with Crippen molar-refractivity contribution in [3.8, 4) is 22.8 Å². The molecule has 0 bridgehead atoms. The van der Waals surface area contributed by atoms with Gasteiger partial charge in [-0.25, -0.2) is 9.50 Å². The van der Waals surface area contributed by atoms with E-state index in [4.69, 9.17) is 14.6 Å². The lowest BCUT2D eigenvalue weighted by atomic mass is 10.1.